The zero-order valence-electron chi connectivity index (χ0n) is 10.4. The highest BCUT2D eigenvalue weighted by atomic mass is 79.9. The van der Waals surface area contributed by atoms with Gasteiger partial charge in [-0.25, -0.2) is 9.97 Å². The van der Waals surface area contributed by atoms with Crippen LogP contribution in [0.3, 0.4) is 0 Å². The molecule has 94 valence electrons. The summed E-state index contributed by atoms with van der Waals surface area (Å²) in [5, 5.41) is 4.15. The molecule has 0 amide bonds. The maximum atomic E-state index is 4.62. The van der Waals surface area contributed by atoms with Crippen molar-refractivity contribution in [3.05, 3.63) is 53.0 Å². The maximum Gasteiger partial charge on any atom is 0.162 e. The average molecular weight is 314 g/mol. The molecule has 0 spiro atoms. The summed E-state index contributed by atoms with van der Waals surface area (Å²) in [4.78, 5) is 9.21. The first kappa shape index (κ1) is 12.1. The Kier molecular flexibility index (Phi) is 3.17. The highest BCUT2D eigenvalue weighted by Crippen LogP contribution is 2.27. The van der Waals surface area contributed by atoms with Crippen LogP contribution in [0.5, 0.6) is 0 Å². The molecule has 1 aromatic heterocycles. The number of hydrogen-bond acceptors (Lipinski definition) is 3. The molecular weight excluding hydrogens is 302 g/mol. The molecule has 0 aliphatic carbocycles. The molecule has 1 heterocycles. The molecule has 4 heteroatoms. The van der Waals surface area contributed by atoms with E-state index in [2.05, 4.69) is 31.2 Å². The van der Waals surface area contributed by atoms with E-state index >= 15 is 0 Å². The van der Waals surface area contributed by atoms with Crippen LogP contribution in [0.25, 0.3) is 22.3 Å². The minimum atomic E-state index is 0.736. The zero-order valence-corrected chi connectivity index (χ0v) is 12.0. The molecule has 0 atom stereocenters. The van der Waals surface area contributed by atoms with Gasteiger partial charge in [0, 0.05) is 22.5 Å². The molecular formula is C15H12BrN3. The van der Waals surface area contributed by atoms with Crippen molar-refractivity contribution in [1.82, 2.24) is 9.97 Å². The summed E-state index contributed by atoms with van der Waals surface area (Å²) in [6.07, 6.45) is 0. The normalized spacial score (nSPS) is 10.6. The van der Waals surface area contributed by atoms with Crippen LogP contribution < -0.4 is 5.32 Å². The fourth-order valence-corrected chi connectivity index (χ4v) is 2.37. The van der Waals surface area contributed by atoms with Crippen LogP contribution in [0.15, 0.2) is 53.0 Å². The van der Waals surface area contributed by atoms with Gasteiger partial charge < -0.3 is 5.32 Å². The lowest BCUT2D eigenvalue weighted by Crippen LogP contribution is -1.98. The molecule has 0 unspecified atom stereocenters. The molecule has 0 aliphatic rings. The second-order valence-electron chi connectivity index (χ2n) is 4.17. The molecule has 3 rings (SSSR count). The van der Waals surface area contributed by atoms with Gasteiger partial charge in [-0.2, -0.15) is 0 Å². The van der Waals surface area contributed by atoms with Crippen LogP contribution >= 0.6 is 15.9 Å². The lowest BCUT2D eigenvalue weighted by molar-refractivity contribution is 1.21. The summed E-state index contributed by atoms with van der Waals surface area (Å²) in [7, 11) is 1.87. The van der Waals surface area contributed by atoms with E-state index < -0.39 is 0 Å². The summed E-state index contributed by atoms with van der Waals surface area (Å²) in [5.74, 6) is 1.57. The number of halogens is 1. The summed E-state index contributed by atoms with van der Waals surface area (Å²) in [6.45, 7) is 0. The molecule has 0 saturated carbocycles. The van der Waals surface area contributed by atoms with Gasteiger partial charge in [0.05, 0.1) is 5.52 Å². The highest BCUT2D eigenvalue weighted by molar-refractivity contribution is 9.10. The Balaban J connectivity index is 2.26. The molecule has 19 heavy (non-hydrogen) atoms. The first-order chi connectivity index (χ1) is 9.28. The van der Waals surface area contributed by atoms with Gasteiger partial charge in [-0.1, -0.05) is 46.3 Å². The second-order valence-corrected chi connectivity index (χ2v) is 5.09. The van der Waals surface area contributed by atoms with Crippen LogP contribution in [0.2, 0.25) is 0 Å². The molecule has 2 aromatic carbocycles. The number of rotatable bonds is 2. The Bertz CT molecular complexity index is 726. The zero-order chi connectivity index (χ0) is 13.2. The predicted molar refractivity (Wildman–Crippen MR) is 82.2 cm³/mol. The van der Waals surface area contributed by atoms with Gasteiger partial charge in [-0.3, -0.25) is 0 Å². The van der Waals surface area contributed by atoms with E-state index in [1.54, 1.807) is 0 Å². The molecule has 3 aromatic rings. The number of fused-ring (bicyclic) bond motifs is 1. The Labute approximate surface area is 119 Å². The number of nitrogens with one attached hydrogen (secondary N) is 1. The molecule has 0 radical (unpaired) electrons. The van der Waals surface area contributed by atoms with Gasteiger partial charge in [0.2, 0.25) is 0 Å². The van der Waals surface area contributed by atoms with E-state index in [1.807, 2.05) is 55.6 Å². The quantitative estimate of drug-likeness (QED) is 0.774. The van der Waals surface area contributed by atoms with E-state index in [-0.39, 0.29) is 0 Å². The molecule has 0 aliphatic heterocycles. The first-order valence-corrected chi connectivity index (χ1v) is 6.78. The second kappa shape index (κ2) is 4.97. The monoisotopic (exact) mass is 313 g/mol. The van der Waals surface area contributed by atoms with Crippen LogP contribution in [-0.4, -0.2) is 17.0 Å². The van der Waals surface area contributed by atoms with Crippen molar-refractivity contribution in [2.75, 3.05) is 12.4 Å². The SMILES string of the molecule is CNc1nc(-c2ccccc2)nc2ccc(Br)cc12. The summed E-state index contributed by atoms with van der Waals surface area (Å²) in [6, 6.07) is 16.0. The van der Waals surface area contributed by atoms with Crippen molar-refractivity contribution < 1.29 is 0 Å². The predicted octanol–water partition coefficient (Wildman–Crippen LogP) is 4.10. The summed E-state index contributed by atoms with van der Waals surface area (Å²) < 4.78 is 1.02. The molecule has 0 saturated heterocycles. The summed E-state index contributed by atoms with van der Waals surface area (Å²) in [5.41, 5.74) is 1.95. The fraction of sp³-hybridized carbons (Fsp3) is 0.0667. The highest BCUT2D eigenvalue weighted by Gasteiger charge is 2.08. The van der Waals surface area contributed by atoms with E-state index in [9.17, 15) is 0 Å². The van der Waals surface area contributed by atoms with Crippen molar-refractivity contribution in [3.8, 4) is 11.4 Å². The van der Waals surface area contributed by atoms with Gasteiger partial charge in [-0.05, 0) is 18.2 Å². The fourth-order valence-electron chi connectivity index (χ4n) is 2.01. The van der Waals surface area contributed by atoms with Crippen molar-refractivity contribution in [1.29, 1.82) is 0 Å². The standard InChI is InChI=1S/C15H12BrN3/c1-17-15-12-9-11(16)7-8-13(12)18-14(19-15)10-5-3-2-4-6-10/h2-9H,1H3,(H,17,18,19). The number of benzene rings is 2. The van der Waals surface area contributed by atoms with Gasteiger partial charge in [0.1, 0.15) is 5.82 Å². The Morgan fingerprint density at radius 1 is 1.00 bits per heavy atom. The lowest BCUT2D eigenvalue weighted by atomic mass is 10.2. The lowest BCUT2D eigenvalue weighted by Gasteiger charge is -2.08. The third-order valence-corrected chi connectivity index (χ3v) is 3.42. The number of nitrogens with zero attached hydrogens (tertiary/aromatic N) is 2. The third-order valence-electron chi connectivity index (χ3n) is 2.93. The Hall–Kier alpha value is -1.94. The smallest absolute Gasteiger partial charge is 0.162 e. The van der Waals surface area contributed by atoms with Crippen molar-refractivity contribution in [2.45, 2.75) is 0 Å². The van der Waals surface area contributed by atoms with E-state index in [0.29, 0.717) is 0 Å². The molecule has 0 fully saturated rings. The van der Waals surface area contributed by atoms with Crippen molar-refractivity contribution in [3.63, 3.8) is 0 Å². The summed E-state index contributed by atoms with van der Waals surface area (Å²) >= 11 is 3.48. The average Bonchev–Trinajstić information content (AvgIpc) is 2.47. The van der Waals surface area contributed by atoms with Gasteiger partial charge in [0.25, 0.3) is 0 Å². The minimum Gasteiger partial charge on any atom is -0.373 e. The largest absolute Gasteiger partial charge is 0.373 e. The Morgan fingerprint density at radius 3 is 2.53 bits per heavy atom. The van der Waals surface area contributed by atoms with Gasteiger partial charge in [-0.15, -0.1) is 0 Å². The third kappa shape index (κ3) is 2.31. The van der Waals surface area contributed by atoms with Gasteiger partial charge >= 0.3 is 0 Å². The molecule has 0 bridgehead atoms. The first-order valence-electron chi connectivity index (χ1n) is 5.98. The Morgan fingerprint density at radius 2 is 1.79 bits per heavy atom. The number of aromatic nitrogens is 2. The molecule has 1 N–H and O–H groups in total. The van der Waals surface area contributed by atoms with Crippen molar-refractivity contribution in [2.24, 2.45) is 0 Å². The number of anilines is 1. The van der Waals surface area contributed by atoms with Crippen LogP contribution in [0.1, 0.15) is 0 Å². The van der Waals surface area contributed by atoms with E-state index in [1.165, 1.54) is 0 Å². The van der Waals surface area contributed by atoms with Crippen molar-refractivity contribution >= 4 is 32.7 Å². The number of hydrogen-bond donors (Lipinski definition) is 1. The van der Waals surface area contributed by atoms with Gasteiger partial charge in [0.15, 0.2) is 5.82 Å². The van der Waals surface area contributed by atoms with Crippen LogP contribution in [-0.2, 0) is 0 Å². The van der Waals surface area contributed by atoms with E-state index in [0.717, 1.165) is 32.6 Å². The maximum absolute atomic E-state index is 4.62. The van der Waals surface area contributed by atoms with E-state index in [4.69, 9.17) is 0 Å². The minimum absolute atomic E-state index is 0.736. The van der Waals surface area contributed by atoms with Crippen LogP contribution in [0, 0.1) is 0 Å². The topological polar surface area (TPSA) is 37.8 Å². The molecule has 3 nitrogen and oxygen atoms in total. The van der Waals surface area contributed by atoms with Crippen LogP contribution in [0.4, 0.5) is 5.82 Å².